The van der Waals surface area contributed by atoms with Crippen LogP contribution < -0.4 is 5.32 Å². The fourth-order valence-corrected chi connectivity index (χ4v) is 4.31. The SMILES string of the molecule is Cc1nnnn1-c1cc(NC(=O)CN(C)C2=NS(=O)(=O)c3ccccc32)ccc1F. The number of hydrogen-bond acceptors (Lipinski definition) is 7. The lowest BCUT2D eigenvalue weighted by Gasteiger charge is -2.18. The van der Waals surface area contributed by atoms with Gasteiger partial charge >= 0.3 is 0 Å². The molecule has 0 atom stereocenters. The fourth-order valence-electron chi connectivity index (χ4n) is 3.06. The van der Waals surface area contributed by atoms with Crippen molar-refractivity contribution in [2.75, 3.05) is 18.9 Å². The fraction of sp³-hybridized carbons (Fsp3) is 0.167. The van der Waals surface area contributed by atoms with Crippen molar-refractivity contribution in [3.63, 3.8) is 0 Å². The van der Waals surface area contributed by atoms with Crippen LogP contribution in [0.15, 0.2) is 51.8 Å². The van der Waals surface area contributed by atoms with E-state index in [1.807, 2.05) is 0 Å². The number of anilines is 1. The number of tetrazole rings is 1. The van der Waals surface area contributed by atoms with Crippen LogP contribution in [0.5, 0.6) is 0 Å². The topological polar surface area (TPSA) is 122 Å². The monoisotopic (exact) mass is 429 g/mol. The number of hydrogen-bond donors (Lipinski definition) is 1. The maximum absolute atomic E-state index is 14.2. The van der Waals surface area contributed by atoms with Crippen LogP contribution in [-0.4, -0.2) is 58.9 Å². The molecular formula is C18H16FN7O3S. The molecule has 12 heteroatoms. The number of likely N-dealkylation sites (N-methyl/N-ethyl adjacent to an activating group) is 1. The van der Waals surface area contributed by atoms with E-state index in [-0.39, 0.29) is 23.0 Å². The summed E-state index contributed by atoms with van der Waals surface area (Å²) in [6.45, 7) is 1.45. The van der Waals surface area contributed by atoms with Crippen molar-refractivity contribution < 1.29 is 17.6 Å². The Kier molecular flexibility index (Phi) is 4.78. The molecule has 0 bridgehead atoms. The van der Waals surface area contributed by atoms with Crippen LogP contribution in [-0.2, 0) is 14.8 Å². The van der Waals surface area contributed by atoms with Gasteiger partial charge in [-0.3, -0.25) is 4.79 Å². The third kappa shape index (κ3) is 3.52. The van der Waals surface area contributed by atoms with Gasteiger partial charge in [0, 0.05) is 18.3 Å². The molecule has 1 N–H and O–H groups in total. The quantitative estimate of drug-likeness (QED) is 0.660. The molecule has 0 saturated heterocycles. The van der Waals surface area contributed by atoms with Gasteiger partial charge in [-0.05, 0) is 47.7 Å². The Balaban J connectivity index is 1.52. The van der Waals surface area contributed by atoms with Gasteiger partial charge in [0.15, 0.2) is 11.7 Å². The minimum absolute atomic E-state index is 0.0869. The molecule has 1 aliphatic heterocycles. The molecule has 0 aliphatic carbocycles. The van der Waals surface area contributed by atoms with Crippen LogP contribution in [0.1, 0.15) is 11.4 Å². The Labute approximate surface area is 171 Å². The predicted molar refractivity (Wildman–Crippen MR) is 105 cm³/mol. The highest BCUT2D eigenvalue weighted by Gasteiger charge is 2.30. The summed E-state index contributed by atoms with van der Waals surface area (Å²) in [5, 5.41) is 13.6. The molecule has 4 rings (SSSR count). The highest BCUT2D eigenvalue weighted by molar-refractivity contribution is 7.90. The first-order valence-electron chi connectivity index (χ1n) is 8.76. The largest absolute Gasteiger partial charge is 0.349 e. The van der Waals surface area contributed by atoms with Crippen molar-refractivity contribution >= 4 is 27.5 Å². The number of nitrogens with one attached hydrogen (secondary N) is 1. The van der Waals surface area contributed by atoms with E-state index in [9.17, 15) is 17.6 Å². The Morgan fingerprint density at radius 2 is 2.00 bits per heavy atom. The first-order chi connectivity index (χ1) is 14.3. The molecule has 1 aromatic heterocycles. The average molecular weight is 429 g/mol. The molecule has 1 aliphatic rings. The first-order valence-corrected chi connectivity index (χ1v) is 10.2. The average Bonchev–Trinajstić information content (AvgIpc) is 3.24. The molecule has 10 nitrogen and oxygen atoms in total. The van der Waals surface area contributed by atoms with Gasteiger partial charge in [0.05, 0.1) is 6.54 Å². The number of halogens is 1. The van der Waals surface area contributed by atoms with Gasteiger partial charge < -0.3 is 10.2 Å². The molecule has 3 aromatic rings. The number of amides is 1. The van der Waals surface area contributed by atoms with Crippen molar-refractivity contribution in [3.05, 3.63) is 59.7 Å². The number of aromatic nitrogens is 4. The maximum Gasteiger partial charge on any atom is 0.285 e. The minimum Gasteiger partial charge on any atom is -0.349 e. The zero-order valence-electron chi connectivity index (χ0n) is 15.9. The van der Waals surface area contributed by atoms with Crippen LogP contribution in [0.3, 0.4) is 0 Å². The van der Waals surface area contributed by atoms with Crippen LogP contribution >= 0.6 is 0 Å². The molecule has 1 amide bonds. The highest BCUT2D eigenvalue weighted by atomic mass is 32.2. The number of carbonyl (C=O) groups is 1. The molecule has 154 valence electrons. The van der Waals surface area contributed by atoms with E-state index >= 15 is 0 Å². The van der Waals surface area contributed by atoms with Crippen LogP contribution in [0, 0.1) is 12.7 Å². The number of benzene rings is 2. The normalized spacial score (nSPS) is 14.2. The summed E-state index contributed by atoms with van der Waals surface area (Å²) in [5.74, 6) is -0.420. The lowest BCUT2D eigenvalue weighted by atomic mass is 10.2. The van der Waals surface area contributed by atoms with E-state index in [0.717, 1.165) is 0 Å². The predicted octanol–water partition coefficient (Wildman–Crippen LogP) is 1.13. The van der Waals surface area contributed by atoms with Gasteiger partial charge in [0.1, 0.15) is 16.4 Å². The van der Waals surface area contributed by atoms with E-state index in [0.29, 0.717) is 17.1 Å². The summed E-state index contributed by atoms with van der Waals surface area (Å²) in [6.07, 6.45) is 0. The van der Waals surface area contributed by atoms with E-state index in [1.165, 1.54) is 33.8 Å². The van der Waals surface area contributed by atoms with Gasteiger partial charge in [0.2, 0.25) is 5.91 Å². The summed E-state index contributed by atoms with van der Waals surface area (Å²) < 4.78 is 43.5. The number of rotatable bonds is 4. The lowest BCUT2D eigenvalue weighted by Crippen LogP contribution is -2.34. The summed E-state index contributed by atoms with van der Waals surface area (Å²) in [7, 11) is -2.22. The van der Waals surface area contributed by atoms with Crippen LogP contribution in [0.25, 0.3) is 5.69 Å². The number of amidine groups is 1. The van der Waals surface area contributed by atoms with Gasteiger partial charge in [-0.15, -0.1) is 9.50 Å². The second-order valence-electron chi connectivity index (χ2n) is 6.59. The third-order valence-electron chi connectivity index (χ3n) is 4.44. The van der Waals surface area contributed by atoms with Crippen molar-refractivity contribution in [2.24, 2.45) is 4.40 Å². The number of aryl methyl sites for hydroxylation is 1. The third-order valence-corrected chi connectivity index (χ3v) is 5.76. The molecule has 0 fully saturated rings. The second-order valence-corrected chi connectivity index (χ2v) is 8.17. The summed E-state index contributed by atoms with van der Waals surface area (Å²) in [6, 6.07) is 10.4. The standard InChI is InChI=1S/C18H16FN7O3S/c1-11-21-23-24-26(11)15-9-12(7-8-14(15)19)20-17(27)10-25(2)18-13-5-3-4-6-16(13)30(28,29)22-18/h3-9H,10H2,1-2H3,(H,20,27). The Morgan fingerprint density at radius 3 is 2.73 bits per heavy atom. The Bertz CT molecular complexity index is 1290. The van der Waals surface area contributed by atoms with Gasteiger partial charge in [-0.2, -0.15) is 13.1 Å². The van der Waals surface area contributed by atoms with Crippen molar-refractivity contribution in [3.8, 4) is 5.69 Å². The van der Waals surface area contributed by atoms with E-state index in [2.05, 4.69) is 25.2 Å². The number of sulfonamides is 1. The van der Waals surface area contributed by atoms with Gasteiger partial charge in [-0.25, -0.2) is 4.39 Å². The molecular weight excluding hydrogens is 413 g/mol. The molecule has 2 aromatic carbocycles. The molecule has 2 heterocycles. The zero-order valence-corrected chi connectivity index (χ0v) is 16.8. The number of fused-ring (bicyclic) bond motifs is 1. The molecule has 0 radical (unpaired) electrons. The van der Waals surface area contributed by atoms with E-state index in [1.54, 1.807) is 32.2 Å². The number of nitrogens with zero attached hydrogens (tertiary/aromatic N) is 6. The Morgan fingerprint density at radius 1 is 1.23 bits per heavy atom. The zero-order chi connectivity index (χ0) is 21.5. The lowest BCUT2D eigenvalue weighted by molar-refractivity contribution is -0.116. The number of carbonyl (C=O) groups excluding carboxylic acids is 1. The van der Waals surface area contributed by atoms with Crippen molar-refractivity contribution in [1.29, 1.82) is 0 Å². The summed E-state index contributed by atoms with van der Waals surface area (Å²) in [5.41, 5.74) is 0.857. The highest BCUT2D eigenvalue weighted by Crippen LogP contribution is 2.27. The Hall–Kier alpha value is -3.67. The summed E-state index contributed by atoms with van der Waals surface area (Å²) >= 11 is 0. The molecule has 30 heavy (non-hydrogen) atoms. The van der Waals surface area contributed by atoms with E-state index in [4.69, 9.17) is 0 Å². The van der Waals surface area contributed by atoms with Crippen molar-refractivity contribution in [1.82, 2.24) is 25.1 Å². The summed E-state index contributed by atoms with van der Waals surface area (Å²) in [4.78, 5) is 14.0. The molecule has 0 saturated carbocycles. The minimum atomic E-state index is -3.78. The van der Waals surface area contributed by atoms with Crippen molar-refractivity contribution in [2.45, 2.75) is 11.8 Å². The van der Waals surface area contributed by atoms with Crippen LogP contribution in [0.2, 0.25) is 0 Å². The van der Waals surface area contributed by atoms with E-state index < -0.39 is 21.7 Å². The first kappa shape index (κ1) is 19.6. The molecule has 0 spiro atoms. The smallest absolute Gasteiger partial charge is 0.285 e. The second kappa shape index (κ2) is 7.30. The van der Waals surface area contributed by atoms with Gasteiger partial charge in [0.25, 0.3) is 10.0 Å². The molecule has 0 unspecified atom stereocenters. The maximum atomic E-state index is 14.2. The van der Waals surface area contributed by atoms with Gasteiger partial charge in [-0.1, -0.05) is 12.1 Å². The van der Waals surface area contributed by atoms with Crippen LogP contribution in [0.4, 0.5) is 10.1 Å².